The number of amides is 1. The number of nitrogens with one attached hydrogen (secondary N) is 1. The Morgan fingerprint density at radius 1 is 1.15 bits per heavy atom. The molecule has 0 fully saturated rings. The predicted molar refractivity (Wildman–Crippen MR) is 96.6 cm³/mol. The molecule has 26 heavy (non-hydrogen) atoms. The molecule has 3 rings (SSSR count). The van der Waals surface area contributed by atoms with E-state index in [-0.39, 0.29) is 18.6 Å². The summed E-state index contributed by atoms with van der Waals surface area (Å²) >= 11 is 0. The quantitative estimate of drug-likeness (QED) is 0.702. The van der Waals surface area contributed by atoms with Gasteiger partial charge in [0.1, 0.15) is 0 Å². The van der Waals surface area contributed by atoms with E-state index in [0.29, 0.717) is 29.1 Å². The third kappa shape index (κ3) is 3.88. The zero-order valence-electron chi connectivity index (χ0n) is 14.6. The van der Waals surface area contributed by atoms with Gasteiger partial charge in [0, 0.05) is 12.6 Å². The SMILES string of the molecule is COc1ccccc1OCC(=O)N[C@H](C)Cn1c(=O)oc2ccccc21. The molecule has 2 aromatic carbocycles. The standard InChI is InChI=1S/C19H20N2O5/c1-13(11-21-14-7-3-4-8-15(14)26-19(21)23)20-18(22)12-25-17-10-6-5-9-16(17)24-2/h3-10,13H,11-12H2,1-2H3,(H,20,22)/t13-/m1/s1. The van der Waals surface area contributed by atoms with Crippen LogP contribution in [0.25, 0.3) is 11.1 Å². The molecule has 0 saturated heterocycles. The van der Waals surface area contributed by atoms with Crippen molar-refractivity contribution in [3.63, 3.8) is 0 Å². The highest BCUT2D eigenvalue weighted by Crippen LogP contribution is 2.25. The molecular formula is C19H20N2O5. The zero-order chi connectivity index (χ0) is 18.5. The molecule has 0 aliphatic heterocycles. The number of methoxy groups -OCH3 is 1. The van der Waals surface area contributed by atoms with Crippen LogP contribution in [0, 0.1) is 0 Å². The van der Waals surface area contributed by atoms with E-state index in [1.54, 1.807) is 36.4 Å². The summed E-state index contributed by atoms with van der Waals surface area (Å²) in [6.45, 7) is 1.97. The van der Waals surface area contributed by atoms with Gasteiger partial charge < -0.3 is 19.2 Å². The zero-order valence-corrected chi connectivity index (χ0v) is 14.6. The molecule has 1 amide bonds. The van der Waals surface area contributed by atoms with Gasteiger partial charge in [0.2, 0.25) is 0 Å². The molecule has 0 aliphatic rings. The van der Waals surface area contributed by atoms with Gasteiger partial charge >= 0.3 is 5.76 Å². The molecule has 0 bridgehead atoms. The molecule has 1 atom stereocenters. The van der Waals surface area contributed by atoms with Crippen molar-refractivity contribution in [2.75, 3.05) is 13.7 Å². The Kier molecular flexibility index (Phi) is 5.26. The number of carbonyl (C=O) groups excluding carboxylic acids is 1. The summed E-state index contributed by atoms with van der Waals surface area (Å²) < 4.78 is 17.4. The van der Waals surface area contributed by atoms with Crippen LogP contribution in [0.3, 0.4) is 0 Å². The van der Waals surface area contributed by atoms with Crippen LogP contribution in [0.4, 0.5) is 0 Å². The number of hydrogen-bond donors (Lipinski definition) is 1. The third-order valence-electron chi connectivity index (χ3n) is 3.87. The summed E-state index contributed by atoms with van der Waals surface area (Å²) in [6.07, 6.45) is 0. The molecule has 1 heterocycles. The normalized spacial score (nSPS) is 11.9. The lowest BCUT2D eigenvalue weighted by Crippen LogP contribution is -2.39. The first-order chi connectivity index (χ1) is 12.6. The van der Waals surface area contributed by atoms with Crippen molar-refractivity contribution in [2.24, 2.45) is 0 Å². The summed E-state index contributed by atoms with van der Waals surface area (Å²) in [5.74, 6) is 0.321. The maximum absolute atomic E-state index is 12.1. The Balaban J connectivity index is 1.59. The minimum atomic E-state index is -0.447. The number of hydrogen-bond acceptors (Lipinski definition) is 5. The van der Waals surface area contributed by atoms with E-state index in [0.717, 1.165) is 0 Å². The topological polar surface area (TPSA) is 82.7 Å². The minimum absolute atomic E-state index is 0.147. The van der Waals surface area contributed by atoms with Gasteiger partial charge in [0.05, 0.1) is 12.6 Å². The van der Waals surface area contributed by atoms with Gasteiger partial charge in [-0.25, -0.2) is 4.79 Å². The molecule has 0 spiro atoms. The fraction of sp³-hybridized carbons (Fsp3) is 0.263. The smallest absolute Gasteiger partial charge is 0.420 e. The van der Waals surface area contributed by atoms with E-state index in [9.17, 15) is 9.59 Å². The number of ether oxygens (including phenoxy) is 2. The van der Waals surface area contributed by atoms with E-state index in [1.165, 1.54) is 11.7 Å². The highest BCUT2D eigenvalue weighted by molar-refractivity contribution is 5.78. The van der Waals surface area contributed by atoms with Gasteiger partial charge in [-0.2, -0.15) is 0 Å². The number of aromatic nitrogens is 1. The minimum Gasteiger partial charge on any atom is -0.493 e. The number of para-hydroxylation sites is 4. The van der Waals surface area contributed by atoms with Gasteiger partial charge in [0.25, 0.3) is 5.91 Å². The van der Waals surface area contributed by atoms with E-state index >= 15 is 0 Å². The van der Waals surface area contributed by atoms with Crippen LogP contribution in [0.1, 0.15) is 6.92 Å². The van der Waals surface area contributed by atoms with Gasteiger partial charge in [-0.05, 0) is 31.2 Å². The molecule has 1 aromatic heterocycles. The molecule has 0 radical (unpaired) electrons. The number of benzene rings is 2. The first-order valence-electron chi connectivity index (χ1n) is 8.22. The predicted octanol–water partition coefficient (Wildman–Crippen LogP) is 2.19. The lowest BCUT2D eigenvalue weighted by Gasteiger charge is -2.15. The second kappa shape index (κ2) is 7.77. The molecular weight excluding hydrogens is 336 g/mol. The maximum Gasteiger partial charge on any atom is 0.420 e. The van der Waals surface area contributed by atoms with Gasteiger partial charge in [-0.15, -0.1) is 0 Å². The molecule has 136 valence electrons. The van der Waals surface area contributed by atoms with Gasteiger partial charge in [-0.1, -0.05) is 24.3 Å². The molecule has 7 nitrogen and oxygen atoms in total. The van der Waals surface area contributed by atoms with Crippen LogP contribution >= 0.6 is 0 Å². The largest absolute Gasteiger partial charge is 0.493 e. The first kappa shape index (κ1) is 17.6. The van der Waals surface area contributed by atoms with Crippen molar-refractivity contribution in [3.05, 3.63) is 59.1 Å². The van der Waals surface area contributed by atoms with Crippen molar-refractivity contribution < 1.29 is 18.7 Å². The molecule has 1 N–H and O–H groups in total. The van der Waals surface area contributed by atoms with Crippen LogP contribution in [0.15, 0.2) is 57.7 Å². The second-order valence-electron chi connectivity index (χ2n) is 5.85. The maximum atomic E-state index is 12.1. The Morgan fingerprint density at radius 3 is 2.62 bits per heavy atom. The highest BCUT2D eigenvalue weighted by Gasteiger charge is 2.14. The van der Waals surface area contributed by atoms with Gasteiger partial charge in [-0.3, -0.25) is 9.36 Å². The average Bonchev–Trinajstić information content (AvgIpc) is 2.95. The van der Waals surface area contributed by atoms with Gasteiger partial charge in [0.15, 0.2) is 23.7 Å². The number of fused-ring (bicyclic) bond motifs is 1. The number of carbonyl (C=O) groups is 1. The second-order valence-corrected chi connectivity index (χ2v) is 5.85. The summed E-state index contributed by atoms with van der Waals surface area (Å²) in [5, 5.41) is 2.81. The summed E-state index contributed by atoms with van der Waals surface area (Å²) in [4.78, 5) is 24.1. The Bertz CT molecular complexity index is 960. The number of oxazole rings is 1. The molecule has 0 saturated carbocycles. The van der Waals surface area contributed by atoms with Crippen molar-refractivity contribution in [1.29, 1.82) is 0 Å². The fourth-order valence-corrected chi connectivity index (χ4v) is 2.70. The van der Waals surface area contributed by atoms with Crippen LogP contribution in [-0.4, -0.2) is 30.2 Å². The van der Waals surface area contributed by atoms with E-state index in [4.69, 9.17) is 13.9 Å². The fourth-order valence-electron chi connectivity index (χ4n) is 2.70. The van der Waals surface area contributed by atoms with Crippen molar-refractivity contribution >= 4 is 17.0 Å². The highest BCUT2D eigenvalue weighted by atomic mass is 16.5. The Labute approximate surface area is 150 Å². The first-order valence-corrected chi connectivity index (χ1v) is 8.22. The average molecular weight is 356 g/mol. The number of nitrogens with zero attached hydrogens (tertiary/aromatic N) is 1. The van der Waals surface area contributed by atoms with Crippen LogP contribution in [-0.2, 0) is 11.3 Å². The monoisotopic (exact) mass is 356 g/mol. The molecule has 3 aromatic rings. The molecule has 7 heteroatoms. The molecule has 0 unspecified atom stereocenters. The Morgan fingerprint density at radius 2 is 1.85 bits per heavy atom. The van der Waals surface area contributed by atoms with E-state index in [2.05, 4.69) is 5.32 Å². The molecule has 0 aliphatic carbocycles. The van der Waals surface area contributed by atoms with Crippen molar-refractivity contribution in [2.45, 2.75) is 19.5 Å². The van der Waals surface area contributed by atoms with Crippen LogP contribution in [0.2, 0.25) is 0 Å². The van der Waals surface area contributed by atoms with Crippen molar-refractivity contribution in [1.82, 2.24) is 9.88 Å². The lowest BCUT2D eigenvalue weighted by molar-refractivity contribution is -0.123. The lowest BCUT2D eigenvalue weighted by atomic mass is 10.3. The summed E-state index contributed by atoms with van der Waals surface area (Å²) in [7, 11) is 1.54. The number of rotatable bonds is 7. The summed E-state index contributed by atoms with van der Waals surface area (Å²) in [6, 6.07) is 14.0. The van der Waals surface area contributed by atoms with Crippen LogP contribution in [0.5, 0.6) is 11.5 Å². The van der Waals surface area contributed by atoms with E-state index in [1.807, 2.05) is 19.1 Å². The van der Waals surface area contributed by atoms with Crippen molar-refractivity contribution in [3.8, 4) is 11.5 Å². The Hall–Kier alpha value is -3.22. The van der Waals surface area contributed by atoms with Crippen LogP contribution < -0.4 is 20.5 Å². The van der Waals surface area contributed by atoms with E-state index < -0.39 is 5.76 Å². The third-order valence-corrected chi connectivity index (χ3v) is 3.87. The summed E-state index contributed by atoms with van der Waals surface area (Å²) in [5.41, 5.74) is 1.22.